The Balaban J connectivity index is 1.90. The van der Waals surface area contributed by atoms with Crippen LogP contribution in [0.3, 0.4) is 0 Å². The van der Waals surface area contributed by atoms with Crippen molar-refractivity contribution in [2.24, 2.45) is 0 Å². The molecule has 2 rings (SSSR count). The maximum absolute atomic E-state index is 11.4. The third-order valence-corrected chi connectivity index (χ3v) is 4.08. The zero-order valence-electron chi connectivity index (χ0n) is 11.6. The highest BCUT2D eigenvalue weighted by Gasteiger charge is 2.03. The third-order valence-electron chi connectivity index (χ3n) is 3.10. The molecule has 3 nitrogen and oxygen atoms in total. The summed E-state index contributed by atoms with van der Waals surface area (Å²) in [5.74, 6) is -0.0698. The predicted octanol–water partition coefficient (Wildman–Crippen LogP) is 3.75. The molecular weight excluding hydrogens is 352 g/mol. The summed E-state index contributed by atoms with van der Waals surface area (Å²) in [7, 11) is 1.63. The number of benzene rings is 2. The average molecular weight is 368 g/mol. The number of halogens is 2. The van der Waals surface area contributed by atoms with Crippen molar-refractivity contribution in [3.8, 4) is 0 Å². The molecule has 0 fully saturated rings. The van der Waals surface area contributed by atoms with Gasteiger partial charge in [0, 0.05) is 35.2 Å². The van der Waals surface area contributed by atoms with Crippen LogP contribution in [0.2, 0.25) is 5.02 Å². The van der Waals surface area contributed by atoms with E-state index in [0.29, 0.717) is 5.56 Å². The highest BCUT2D eigenvalue weighted by atomic mass is 79.9. The Hall–Kier alpha value is -1.36. The molecule has 0 radical (unpaired) electrons. The second-order valence-electron chi connectivity index (χ2n) is 4.62. The van der Waals surface area contributed by atoms with E-state index < -0.39 is 0 Å². The van der Waals surface area contributed by atoms with Crippen molar-refractivity contribution in [3.63, 3.8) is 0 Å². The van der Waals surface area contributed by atoms with E-state index in [-0.39, 0.29) is 5.91 Å². The lowest BCUT2D eigenvalue weighted by molar-refractivity contribution is 0.0963. The molecule has 0 aliphatic heterocycles. The normalized spacial score (nSPS) is 10.4. The fourth-order valence-electron chi connectivity index (χ4n) is 1.92. The molecule has 21 heavy (non-hydrogen) atoms. The van der Waals surface area contributed by atoms with Gasteiger partial charge in [-0.05, 0) is 35.4 Å². The van der Waals surface area contributed by atoms with Gasteiger partial charge in [-0.1, -0.05) is 45.7 Å². The lowest BCUT2D eigenvalue weighted by Crippen LogP contribution is -2.18. The van der Waals surface area contributed by atoms with Gasteiger partial charge in [-0.2, -0.15) is 0 Å². The second kappa shape index (κ2) is 7.59. The van der Waals surface area contributed by atoms with Crippen LogP contribution < -0.4 is 10.6 Å². The lowest BCUT2D eigenvalue weighted by atomic mass is 10.1. The fraction of sp³-hybridized carbons (Fsp3) is 0.188. The van der Waals surface area contributed by atoms with E-state index in [0.717, 1.165) is 33.7 Å². The Kier molecular flexibility index (Phi) is 5.79. The molecule has 0 bridgehead atoms. The van der Waals surface area contributed by atoms with E-state index in [2.05, 4.69) is 26.6 Å². The molecule has 2 N–H and O–H groups in total. The van der Waals surface area contributed by atoms with Gasteiger partial charge in [-0.3, -0.25) is 4.79 Å². The average Bonchev–Trinajstić information content (AvgIpc) is 2.49. The van der Waals surface area contributed by atoms with Crippen molar-refractivity contribution in [1.82, 2.24) is 10.6 Å². The molecule has 0 atom stereocenters. The topological polar surface area (TPSA) is 41.1 Å². The number of rotatable bonds is 5. The highest BCUT2D eigenvalue weighted by molar-refractivity contribution is 9.10. The van der Waals surface area contributed by atoms with Gasteiger partial charge in [-0.15, -0.1) is 0 Å². The van der Waals surface area contributed by atoms with Gasteiger partial charge in [0.15, 0.2) is 0 Å². The molecule has 110 valence electrons. The minimum absolute atomic E-state index is 0.0698. The smallest absolute Gasteiger partial charge is 0.251 e. The molecule has 2 aromatic rings. The van der Waals surface area contributed by atoms with Crippen LogP contribution >= 0.6 is 27.5 Å². The Bertz CT molecular complexity index is 629. The van der Waals surface area contributed by atoms with E-state index in [4.69, 9.17) is 11.6 Å². The molecule has 0 saturated carbocycles. The third kappa shape index (κ3) is 4.56. The van der Waals surface area contributed by atoms with Crippen LogP contribution in [-0.4, -0.2) is 13.0 Å². The molecule has 5 heteroatoms. The molecule has 0 aliphatic rings. The van der Waals surface area contributed by atoms with Crippen LogP contribution in [0, 0.1) is 0 Å². The van der Waals surface area contributed by atoms with E-state index in [1.54, 1.807) is 7.05 Å². The zero-order chi connectivity index (χ0) is 15.2. The maximum Gasteiger partial charge on any atom is 0.251 e. The monoisotopic (exact) mass is 366 g/mol. The molecule has 0 spiro atoms. The molecule has 1 amide bonds. The molecular formula is C16H16BrClN2O. The predicted molar refractivity (Wildman–Crippen MR) is 89.5 cm³/mol. The second-order valence-corrected chi connectivity index (χ2v) is 5.91. The van der Waals surface area contributed by atoms with Gasteiger partial charge in [0.2, 0.25) is 0 Å². The number of carbonyl (C=O) groups excluding carboxylic acids is 1. The van der Waals surface area contributed by atoms with E-state index in [1.165, 1.54) is 0 Å². The van der Waals surface area contributed by atoms with Crippen molar-refractivity contribution in [1.29, 1.82) is 0 Å². The first-order valence-corrected chi connectivity index (χ1v) is 7.73. The number of amides is 1. The van der Waals surface area contributed by atoms with Crippen LogP contribution in [0.25, 0.3) is 0 Å². The summed E-state index contributed by atoms with van der Waals surface area (Å²) < 4.78 is 0.998. The first-order chi connectivity index (χ1) is 10.1. The molecule has 0 aliphatic carbocycles. The van der Waals surface area contributed by atoms with Crippen molar-refractivity contribution < 1.29 is 4.79 Å². The van der Waals surface area contributed by atoms with Crippen LogP contribution in [0.15, 0.2) is 46.9 Å². The Morgan fingerprint density at radius 2 is 1.86 bits per heavy atom. The fourth-order valence-corrected chi connectivity index (χ4v) is 2.75. The largest absolute Gasteiger partial charge is 0.355 e. The highest BCUT2D eigenvalue weighted by Crippen LogP contribution is 2.21. The van der Waals surface area contributed by atoms with Crippen LogP contribution in [-0.2, 0) is 13.1 Å². The Labute approximate surface area is 137 Å². The summed E-state index contributed by atoms with van der Waals surface area (Å²) in [4.78, 5) is 11.4. The van der Waals surface area contributed by atoms with Crippen molar-refractivity contribution in [2.75, 3.05) is 7.05 Å². The van der Waals surface area contributed by atoms with E-state index >= 15 is 0 Å². The van der Waals surface area contributed by atoms with Gasteiger partial charge < -0.3 is 10.6 Å². The van der Waals surface area contributed by atoms with Crippen molar-refractivity contribution in [2.45, 2.75) is 13.1 Å². The molecule has 0 heterocycles. The minimum atomic E-state index is -0.0698. The Morgan fingerprint density at radius 1 is 1.14 bits per heavy atom. The number of carbonyl (C=O) groups is 1. The Morgan fingerprint density at radius 3 is 2.48 bits per heavy atom. The minimum Gasteiger partial charge on any atom is -0.355 e. The van der Waals surface area contributed by atoms with Gasteiger partial charge in [0.05, 0.1) is 0 Å². The van der Waals surface area contributed by atoms with Crippen LogP contribution in [0.1, 0.15) is 21.5 Å². The quantitative estimate of drug-likeness (QED) is 0.845. The maximum atomic E-state index is 11.4. The van der Waals surface area contributed by atoms with Crippen LogP contribution in [0.5, 0.6) is 0 Å². The summed E-state index contributed by atoms with van der Waals surface area (Å²) in [6.45, 7) is 1.48. The van der Waals surface area contributed by atoms with Crippen LogP contribution in [0.4, 0.5) is 0 Å². The van der Waals surface area contributed by atoms with Gasteiger partial charge >= 0.3 is 0 Å². The van der Waals surface area contributed by atoms with Gasteiger partial charge in [-0.25, -0.2) is 0 Å². The van der Waals surface area contributed by atoms with Crippen molar-refractivity contribution in [3.05, 3.63) is 68.7 Å². The number of hydrogen-bond acceptors (Lipinski definition) is 2. The molecule has 0 aromatic heterocycles. The first-order valence-electron chi connectivity index (χ1n) is 6.56. The molecule has 0 unspecified atom stereocenters. The molecule has 2 aromatic carbocycles. The zero-order valence-corrected chi connectivity index (χ0v) is 14.0. The van der Waals surface area contributed by atoms with E-state index in [9.17, 15) is 4.79 Å². The molecule has 0 saturated heterocycles. The van der Waals surface area contributed by atoms with Crippen molar-refractivity contribution >= 4 is 33.4 Å². The number of hydrogen-bond donors (Lipinski definition) is 2. The first kappa shape index (κ1) is 16.0. The SMILES string of the molecule is CNC(=O)c1ccc(CNCc2ccc(Cl)cc2Br)cc1. The summed E-state index contributed by atoms with van der Waals surface area (Å²) in [5.41, 5.74) is 2.95. The summed E-state index contributed by atoms with van der Waals surface area (Å²) in [6.07, 6.45) is 0. The standard InChI is InChI=1S/C16H16BrClN2O/c1-19-16(21)12-4-2-11(3-5-12)9-20-10-13-6-7-14(18)8-15(13)17/h2-8,20H,9-10H2,1H3,(H,19,21). The summed E-state index contributed by atoms with van der Waals surface area (Å²) >= 11 is 9.41. The summed E-state index contributed by atoms with van der Waals surface area (Å²) in [5, 5.41) is 6.69. The summed E-state index contributed by atoms with van der Waals surface area (Å²) in [6, 6.07) is 13.3. The van der Waals surface area contributed by atoms with E-state index in [1.807, 2.05) is 42.5 Å². The van der Waals surface area contributed by atoms with Gasteiger partial charge in [0.25, 0.3) is 5.91 Å². The lowest BCUT2D eigenvalue weighted by Gasteiger charge is -2.08. The van der Waals surface area contributed by atoms with Gasteiger partial charge in [0.1, 0.15) is 0 Å². The number of nitrogens with one attached hydrogen (secondary N) is 2.